The maximum absolute atomic E-state index is 12.1. The Morgan fingerprint density at radius 1 is 1.47 bits per heavy atom. The van der Waals surface area contributed by atoms with Crippen molar-refractivity contribution in [3.8, 4) is 0 Å². The van der Waals surface area contributed by atoms with Gasteiger partial charge in [0.25, 0.3) is 5.56 Å². The lowest BCUT2D eigenvalue weighted by atomic mass is 10.4. The second-order valence-electron chi connectivity index (χ2n) is 4.26. The molecule has 2 heterocycles. The van der Waals surface area contributed by atoms with Crippen molar-refractivity contribution in [3.05, 3.63) is 41.8 Å². The first-order valence-corrected chi connectivity index (χ1v) is 8.20. The van der Waals surface area contributed by atoms with E-state index in [1.807, 2.05) is 25.3 Å². The molecule has 0 aliphatic heterocycles. The third-order valence-corrected chi connectivity index (χ3v) is 5.26. The molecule has 2 rings (SSSR count). The summed E-state index contributed by atoms with van der Waals surface area (Å²) in [5.74, 6) is 0. The molecule has 0 bridgehead atoms. The number of nitrogens with zero attached hydrogens (tertiary/aromatic N) is 2. The smallest absolute Gasteiger partial charge is 0.283 e. The Balaban J connectivity index is 2.20. The molecule has 19 heavy (non-hydrogen) atoms. The van der Waals surface area contributed by atoms with E-state index in [1.165, 1.54) is 9.56 Å². The maximum Gasteiger partial charge on any atom is 0.283 e. The van der Waals surface area contributed by atoms with Crippen LogP contribution in [0, 0.1) is 0 Å². The number of thiophene rings is 1. The summed E-state index contributed by atoms with van der Waals surface area (Å²) in [6.07, 6.45) is 1.67. The van der Waals surface area contributed by atoms with Crippen LogP contribution in [0.1, 0.15) is 24.8 Å². The van der Waals surface area contributed by atoms with Crippen molar-refractivity contribution in [3.63, 3.8) is 0 Å². The highest BCUT2D eigenvalue weighted by Gasteiger charge is 2.11. The van der Waals surface area contributed by atoms with Crippen molar-refractivity contribution in [2.75, 3.05) is 5.32 Å². The topological polar surface area (TPSA) is 46.9 Å². The molecule has 2 aromatic rings. The molecule has 0 fully saturated rings. The third kappa shape index (κ3) is 3.27. The molecule has 0 aliphatic carbocycles. The van der Waals surface area contributed by atoms with Crippen LogP contribution in [0.4, 0.5) is 5.69 Å². The van der Waals surface area contributed by atoms with E-state index < -0.39 is 0 Å². The van der Waals surface area contributed by atoms with Crippen molar-refractivity contribution in [2.24, 2.45) is 0 Å². The van der Waals surface area contributed by atoms with Gasteiger partial charge in [0.05, 0.1) is 24.5 Å². The summed E-state index contributed by atoms with van der Waals surface area (Å²) in [5.41, 5.74) is 0.590. The molecular formula is C12H13Br2N3OS. The molecule has 1 N–H and O–H groups in total. The molecule has 0 unspecified atom stereocenters. The van der Waals surface area contributed by atoms with E-state index in [0.29, 0.717) is 16.7 Å². The Morgan fingerprint density at radius 2 is 2.21 bits per heavy atom. The fourth-order valence-corrected chi connectivity index (χ4v) is 3.42. The van der Waals surface area contributed by atoms with Gasteiger partial charge in [-0.25, -0.2) is 4.68 Å². The van der Waals surface area contributed by atoms with Crippen molar-refractivity contribution >= 4 is 48.9 Å². The van der Waals surface area contributed by atoms with Crippen LogP contribution in [-0.2, 0) is 6.54 Å². The molecular weight excluding hydrogens is 394 g/mol. The standard InChI is InChI=1S/C12H13Br2N3OS/c1-7(2)17-12(18)11(14)9(5-16-17)15-6-10-8(13)3-4-19-10/h3-5,7,15H,6H2,1-2H3. The molecule has 0 saturated carbocycles. The van der Waals surface area contributed by atoms with E-state index in [0.717, 1.165) is 4.47 Å². The number of hydrogen-bond acceptors (Lipinski definition) is 4. The van der Waals surface area contributed by atoms with Crippen molar-refractivity contribution in [1.82, 2.24) is 9.78 Å². The molecule has 0 radical (unpaired) electrons. The van der Waals surface area contributed by atoms with Gasteiger partial charge in [-0.2, -0.15) is 5.10 Å². The van der Waals surface area contributed by atoms with Gasteiger partial charge < -0.3 is 5.32 Å². The van der Waals surface area contributed by atoms with E-state index in [-0.39, 0.29) is 11.6 Å². The highest BCUT2D eigenvalue weighted by atomic mass is 79.9. The highest BCUT2D eigenvalue weighted by Crippen LogP contribution is 2.25. The van der Waals surface area contributed by atoms with E-state index in [2.05, 4.69) is 42.3 Å². The van der Waals surface area contributed by atoms with E-state index in [9.17, 15) is 4.79 Å². The molecule has 102 valence electrons. The van der Waals surface area contributed by atoms with Crippen LogP contribution >= 0.6 is 43.2 Å². The SMILES string of the molecule is CC(C)n1ncc(NCc2sccc2Br)c(Br)c1=O. The van der Waals surface area contributed by atoms with E-state index >= 15 is 0 Å². The molecule has 0 amide bonds. The zero-order valence-electron chi connectivity index (χ0n) is 10.5. The number of halogens is 2. The minimum Gasteiger partial charge on any atom is -0.378 e. The van der Waals surface area contributed by atoms with Crippen molar-refractivity contribution < 1.29 is 0 Å². The Kier molecular flexibility index (Phi) is 4.81. The Morgan fingerprint density at radius 3 is 2.79 bits per heavy atom. The van der Waals surface area contributed by atoms with E-state index in [4.69, 9.17) is 0 Å². The van der Waals surface area contributed by atoms with Crippen LogP contribution < -0.4 is 10.9 Å². The minimum absolute atomic E-state index is 0.0456. The lowest BCUT2D eigenvalue weighted by Gasteiger charge is -2.12. The lowest BCUT2D eigenvalue weighted by Crippen LogP contribution is -2.26. The molecule has 4 nitrogen and oxygen atoms in total. The van der Waals surface area contributed by atoms with Crippen molar-refractivity contribution in [1.29, 1.82) is 0 Å². The number of rotatable bonds is 4. The van der Waals surface area contributed by atoms with Crippen LogP contribution in [0.5, 0.6) is 0 Å². The average molecular weight is 407 g/mol. The predicted molar refractivity (Wildman–Crippen MR) is 85.9 cm³/mol. The number of nitrogens with one attached hydrogen (secondary N) is 1. The summed E-state index contributed by atoms with van der Waals surface area (Å²) in [4.78, 5) is 13.2. The van der Waals surface area contributed by atoms with Crippen LogP contribution in [0.15, 0.2) is 31.4 Å². The number of anilines is 1. The van der Waals surface area contributed by atoms with Gasteiger partial charge in [0.2, 0.25) is 0 Å². The van der Waals surface area contributed by atoms with Gasteiger partial charge in [0, 0.05) is 9.35 Å². The summed E-state index contributed by atoms with van der Waals surface area (Å²) in [5, 5.41) is 9.40. The lowest BCUT2D eigenvalue weighted by molar-refractivity contribution is 0.501. The largest absolute Gasteiger partial charge is 0.378 e. The fraction of sp³-hybridized carbons (Fsp3) is 0.333. The minimum atomic E-state index is -0.120. The zero-order chi connectivity index (χ0) is 14.0. The Bertz CT molecular complexity index is 636. The summed E-state index contributed by atoms with van der Waals surface area (Å²) in [6.45, 7) is 4.51. The average Bonchev–Trinajstić information content (AvgIpc) is 2.76. The molecule has 7 heteroatoms. The Labute approximate surface area is 132 Å². The van der Waals surface area contributed by atoms with Gasteiger partial charge in [-0.15, -0.1) is 11.3 Å². The van der Waals surface area contributed by atoms with Gasteiger partial charge in [0.15, 0.2) is 0 Å². The second kappa shape index (κ2) is 6.19. The van der Waals surface area contributed by atoms with Gasteiger partial charge in [0.1, 0.15) is 4.47 Å². The van der Waals surface area contributed by atoms with Crippen LogP contribution in [0.2, 0.25) is 0 Å². The second-order valence-corrected chi connectivity index (χ2v) is 6.91. The van der Waals surface area contributed by atoms with Gasteiger partial charge >= 0.3 is 0 Å². The van der Waals surface area contributed by atoms with Gasteiger partial charge in [-0.05, 0) is 57.2 Å². The fourth-order valence-electron chi connectivity index (χ4n) is 1.56. The molecule has 0 spiro atoms. The summed E-state index contributed by atoms with van der Waals surface area (Å²) in [6, 6.07) is 2.05. The zero-order valence-corrected chi connectivity index (χ0v) is 14.5. The van der Waals surface area contributed by atoms with Gasteiger partial charge in [-0.3, -0.25) is 4.79 Å². The van der Waals surface area contributed by atoms with Crippen LogP contribution in [0.25, 0.3) is 0 Å². The summed E-state index contributed by atoms with van der Waals surface area (Å²) < 4.78 is 3.05. The molecule has 2 aromatic heterocycles. The molecule has 0 saturated heterocycles. The Hall–Kier alpha value is -0.660. The number of hydrogen-bond donors (Lipinski definition) is 1. The first-order valence-electron chi connectivity index (χ1n) is 5.73. The quantitative estimate of drug-likeness (QED) is 0.833. The van der Waals surface area contributed by atoms with Crippen molar-refractivity contribution in [2.45, 2.75) is 26.4 Å². The van der Waals surface area contributed by atoms with E-state index in [1.54, 1.807) is 17.5 Å². The first-order chi connectivity index (χ1) is 9.00. The van der Waals surface area contributed by atoms with Gasteiger partial charge in [-0.1, -0.05) is 0 Å². The highest BCUT2D eigenvalue weighted by molar-refractivity contribution is 9.11. The first kappa shape index (κ1) is 14.7. The predicted octanol–water partition coefficient (Wildman–Crippen LogP) is 4.02. The monoisotopic (exact) mass is 405 g/mol. The third-order valence-electron chi connectivity index (χ3n) is 2.56. The number of aromatic nitrogens is 2. The van der Waals surface area contributed by atoms with Crippen LogP contribution in [0.3, 0.4) is 0 Å². The summed E-state index contributed by atoms with van der Waals surface area (Å²) >= 11 is 8.48. The summed E-state index contributed by atoms with van der Waals surface area (Å²) in [7, 11) is 0. The molecule has 0 atom stereocenters. The maximum atomic E-state index is 12.1. The molecule has 0 aliphatic rings. The molecule has 0 aromatic carbocycles. The normalized spacial score (nSPS) is 11.0. The van der Waals surface area contributed by atoms with Crippen LogP contribution in [-0.4, -0.2) is 9.78 Å².